The van der Waals surface area contributed by atoms with Gasteiger partial charge in [0.05, 0.1) is 13.7 Å². The third kappa shape index (κ3) is 2.95. The smallest absolute Gasteiger partial charge is 0.318 e. The molecule has 0 radical (unpaired) electrons. The van der Waals surface area contributed by atoms with Gasteiger partial charge in [-0.1, -0.05) is 0 Å². The summed E-state index contributed by atoms with van der Waals surface area (Å²) in [5, 5.41) is 6.10. The van der Waals surface area contributed by atoms with Crippen LogP contribution in [-0.2, 0) is 0 Å². The molecule has 1 aliphatic rings. The van der Waals surface area contributed by atoms with Crippen molar-refractivity contribution in [3.63, 3.8) is 0 Å². The molecule has 0 saturated heterocycles. The Morgan fingerprint density at radius 1 is 1.53 bits per heavy atom. The normalized spacial score (nSPS) is 13.5. The van der Waals surface area contributed by atoms with Crippen LogP contribution in [0.15, 0.2) is 17.3 Å². The van der Waals surface area contributed by atoms with Crippen LogP contribution in [0.25, 0.3) is 0 Å². The van der Waals surface area contributed by atoms with E-state index in [1.165, 1.54) is 7.11 Å². The first-order valence-corrected chi connectivity index (χ1v) is 4.31. The first kappa shape index (κ1) is 11.5. The summed E-state index contributed by atoms with van der Waals surface area (Å²) in [5.41, 5.74) is 0. The van der Waals surface area contributed by atoms with Gasteiger partial charge in [0.1, 0.15) is 5.82 Å². The lowest BCUT2D eigenvalue weighted by Gasteiger charge is -2.05. The molecule has 0 unspecified atom stereocenters. The summed E-state index contributed by atoms with van der Waals surface area (Å²) in [6, 6.07) is 2.10. The van der Waals surface area contributed by atoms with Crippen molar-refractivity contribution >= 4 is 24.2 Å². The highest BCUT2D eigenvalue weighted by molar-refractivity contribution is 5.93. The van der Waals surface area contributed by atoms with Crippen LogP contribution < -0.4 is 15.4 Å². The van der Waals surface area contributed by atoms with Crippen molar-refractivity contribution in [2.75, 3.05) is 25.5 Å². The molecule has 0 spiro atoms. The third-order valence-electron chi connectivity index (χ3n) is 1.74. The fraction of sp³-hybridized carbons (Fsp3) is 0.375. The number of rotatable bonds is 2. The van der Waals surface area contributed by atoms with Gasteiger partial charge in [-0.3, -0.25) is 4.99 Å². The zero-order chi connectivity index (χ0) is 9.80. The maximum atomic E-state index is 4.90. The van der Waals surface area contributed by atoms with E-state index in [4.69, 9.17) is 4.74 Å². The number of hydrogen-bond donors (Lipinski definition) is 2. The third-order valence-corrected chi connectivity index (χ3v) is 1.74. The number of anilines is 1. The van der Waals surface area contributed by atoms with Crippen LogP contribution in [0.3, 0.4) is 0 Å². The predicted molar refractivity (Wildman–Crippen MR) is 59.8 cm³/mol. The lowest BCUT2D eigenvalue weighted by atomic mass is 10.6. The van der Waals surface area contributed by atoms with Gasteiger partial charge in [0.2, 0.25) is 0 Å². The van der Waals surface area contributed by atoms with Crippen molar-refractivity contribution in [2.24, 2.45) is 4.99 Å². The van der Waals surface area contributed by atoms with E-state index >= 15 is 0 Å². The summed E-state index contributed by atoms with van der Waals surface area (Å²) >= 11 is 0. The molecule has 0 amide bonds. The van der Waals surface area contributed by atoms with Gasteiger partial charge in [-0.05, 0) is 6.07 Å². The summed E-state index contributed by atoms with van der Waals surface area (Å²) in [6.45, 7) is 1.66. The number of guanidine groups is 1. The van der Waals surface area contributed by atoms with E-state index in [1.807, 2.05) is 0 Å². The van der Waals surface area contributed by atoms with Crippen LogP contribution in [-0.4, -0.2) is 36.1 Å². The molecule has 0 saturated carbocycles. The van der Waals surface area contributed by atoms with Gasteiger partial charge in [0.15, 0.2) is 5.96 Å². The number of methoxy groups -OCH3 is 1. The first-order valence-electron chi connectivity index (χ1n) is 4.31. The molecular formula is C8H12ClN5O. The number of hydrogen-bond acceptors (Lipinski definition) is 6. The second-order valence-electron chi connectivity index (χ2n) is 2.71. The molecule has 82 valence electrons. The Kier molecular flexibility index (Phi) is 4.11. The average molecular weight is 230 g/mol. The predicted octanol–water partition coefficient (Wildman–Crippen LogP) is 0.278. The molecular weight excluding hydrogens is 218 g/mol. The Labute approximate surface area is 93.6 Å². The molecule has 6 nitrogen and oxygen atoms in total. The fourth-order valence-electron chi connectivity index (χ4n) is 1.11. The molecule has 0 aliphatic carbocycles. The van der Waals surface area contributed by atoms with Crippen molar-refractivity contribution in [1.82, 2.24) is 15.3 Å². The highest BCUT2D eigenvalue weighted by Crippen LogP contribution is 2.06. The van der Waals surface area contributed by atoms with E-state index in [-0.39, 0.29) is 12.4 Å². The standard InChI is InChI=1S/C8H11N5O.ClH/c1-14-8-11-3-2-6(13-8)12-7-9-4-5-10-7;/h2-3H,4-5H2,1H3,(H2,9,10,11,12,13);1H. The van der Waals surface area contributed by atoms with Crippen LogP contribution >= 0.6 is 12.4 Å². The Morgan fingerprint density at radius 2 is 2.40 bits per heavy atom. The maximum absolute atomic E-state index is 4.90. The Morgan fingerprint density at radius 3 is 3.07 bits per heavy atom. The SMILES string of the molecule is COc1nccc(NC2=NCCN2)n1.Cl. The van der Waals surface area contributed by atoms with E-state index in [9.17, 15) is 0 Å². The van der Waals surface area contributed by atoms with Crippen LogP contribution in [0.5, 0.6) is 6.01 Å². The van der Waals surface area contributed by atoms with Gasteiger partial charge in [-0.15, -0.1) is 12.4 Å². The van der Waals surface area contributed by atoms with Gasteiger partial charge in [-0.25, -0.2) is 4.98 Å². The molecule has 0 aromatic carbocycles. The molecule has 0 fully saturated rings. The molecule has 1 aromatic heterocycles. The van der Waals surface area contributed by atoms with Crippen LogP contribution in [0, 0.1) is 0 Å². The van der Waals surface area contributed by atoms with Gasteiger partial charge < -0.3 is 15.4 Å². The minimum atomic E-state index is 0. The molecule has 2 N–H and O–H groups in total. The molecule has 0 atom stereocenters. The van der Waals surface area contributed by atoms with Crippen LogP contribution in [0.2, 0.25) is 0 Å². The summed E-state index contributed by atoms with van der Waals surface area (Å²) in [7, 11) is 1.53. The lowest BCUT2D eigenvalue weighted by molar-refractivity contribution is 0.380. The highest BCUT2D eigenvalue weighted by atomic mass is 35.5. The van der Waals surface area contributed by atoms with Crippen LogP contribution in [0.4, 0.5) is 5.82 Å². The van der Waals surface area contributed by atoms with Gasteiger partial charge >= 0.3 is 6.01 Å². The quantitative estimate of drug-likeness (QED) is 0.762. The number of nitrogens with one attached hydrogen (secondary N) is 2. The number of nitrogens with zero attached hydrogens (tertiary/aromatic N) is 3. The number of aromatic nitrogens is 2. The topological polar surface area (TPSA) is 71.4 Å². The number of ether oxygens (including phenoxy) is 1. The van der Waals surface area contributed by atoms with Crippen molar-refractivity contribution in [3.8, 4) is 6.01 Å². The Bertz CT molecular complexity index is 357. The molecule has 15 heavy (non-hydrogen) atoms. The molecule has 1 aromatic rings. The van der Waals surface area contributed by atoms with Crippen molar-refractivity contribution < 1.29 is 4.74 Å². The number of halogens is 1. The van der Waals surface area contributed by atoms with Gasteiger partial charge in [0, 0.05) is 12.7 Å². The van der Waals surface area contributed by atoms with Gasteiger partial charge in [0.25, 0.3) is 0 Å². The summed E-state index contributed by atoms with van der Waals surface area (Å²) < 4.78 is 4.90. The van der Waals surface area contributed by atoms with E-state index in [0.717, 1.165) is 19.0 Å². The highest BCUT2D eigenvalue weighted by Gasteiger charge is 2.06. The van der Waals surface area contributed by atoms with Gasteiger partial charge in [-0.2, -0.15) is 4.98 Å². The number of aliphatic imine (C=N–C) groups is 1. The van der Waals surface area contributed by atoms with Crippen molar-refractivity contribution in [2.45, 2.75) is 0 Å². The maximum Gasteiger partial charge on any atom is 0.318 e. The molecule has 0 bridgehead atoms. The molecule has 7 heteroatoms. The largest absolute Gasteiger partial charge is 0.467 e. The Hall–Kier alpha value is -1.56. The Balaban J connectivity index is 0.00000112. The zero-order valence-corrected chi connectivity index (χ0v) is 9.04. The van der Waals surface area contributed by atoms with E-state index in [0.29, 0.717) is 11.8 Å². The minimum absolute atomic E-state index is 0. The van der Waals surface area contributed by atoms with Crippen LogP contribution in [0.1, 0.15) is 0 Å². The monoisotopic (exact) mass is 229 g/mol. The molecule has 2 heterocycles. The van der Waals surface area contributed by atoms with E-state index < -0.39 is 0 Å². The first-order chi connectivity index (χ1) is 6.88. The van der Waals surface area contributed by atoms with Crippen molar-refractivity contribution in [3.05, 3.63) is 12.3 Å². The lowest BCUT2D eigenvalue weighted by Crippen LogP contribution is -2.26. The van der Waals surface area contributed by atoms with E-state index in [2.05, 4.69) is 25.6 Å². The second-order valence-corrected chi connectivity index (χ2v) is 2.71. The zero-order valence-electron chi connectivity index (χ0n) is 8.23. The minimum Gasteiger partial charge on any atom is -0.467 e. The average Bonchev–Trinajstić information content (AvgIpc) is 2.71. The molecule has 2 rings (SSSR count). The van der Waals surface area contributed by atoms with Crippen molar-refractivity contribution in [1.29, 1.82) is 0 Å². The summed E-state index contributed by atoms with van der Waals surface area (Å²) in [6.07, 6.45) is 1.63. The van der Waals surface area contributed by atoms with E-state index in [1.54, 1.807) is 12.3 Å². The summed E-state index contributed by atoms with van der Waals surface area (Å²) in [4.78, 5) is 12.2. The second kappa shape index (κ2) is 5.35. The summed E-state index contributed by atoms with van der Waals surface area (Å²) in [5.74, 6) is 1.41. The molecule has 1 aliphatic heterocycles. The fourth-order valence-corrected chi connectivity index (χ4v) is 1.11.